The second-order valence-electron chi connectivity index (χ2n) is 3.52. The fraction of sp³-hybridized carbons (Fsp3) is 0.300. The van der Waals surface area contributed by atoms with Crippen LogP contribution >= 0.6 is 0 Å². The lowest BCUT2D eigenvalue weighted by molar-refractivity contribution is -0.385. The van der Waals surface area contributed by atoms with Crippen molar-refractivity contribution in [3.63, 3.8) is 0 Å². The predicted octanol–water partition coefficient (Wildman–Crippen LogP) is 1.64. The molecule has 78 valence electrons. The summed E-state index contributed by atoms with van der Waals surface area (Å²) in [6.07, 6.45) is 0.566. The lowest BCUT2D eigenvalue weighted by Gasteiger charge is -2.30. The van der Waals surface area contributed by atoms with Gasteiger partial charge >= 0.3 is 0 Å². The molecule has 1 heterocycles. The van der Waals surface area contributed by atoms with Crippen LogP contribution in [0.25, 0.3) is 0 Å². The van der Waals surface area contributed by atoms with Crippen LogP contribution in [0.3, 0.4) is 0 Å². The molecule has 0 bridgehead atoms. The average Bonchev–Trinajstić information content (AvgIpc) is 2.15. The van der Waals surface area contributed by atoms with E-state index in [0.717, 1.165) is 5.69 Å². The highest BCUT2D eigenvalue weighted by molar-refractivity contribution is 5.99. The van der Waals surface area contributed by atoms with Crippen LogP contribution in [-0.2, 0) is 4.79 Å². The van der Waals surface area contributed by atoms with Gasteiger partial charge in [0, 0.05) is 30.3 Å². The van der Waals surface area contributed by atoms with Crippen LogP contribution in [-0.4, -0.2) is 17.4 Å². The van der Waals surface area contributed by atoms with Crippen molar-refractivity contribution in [2.24, 2.45) is 0 Å². The van der Waals surface area contributed by atoms with Gasteiger partial charge in [0.2, 0.25) is 5.91 Å². The number of nitro benzene ring substituents is 1. The van der Waals surface area contributed by atoms with Gasteiger partial charge in [0.05, 0.1) is 4.92 Å². The second kappa shape index (κ2) is 3.34. The first kappa shape index (κ1) is 9.64. The van der Waals surface area contributed by atoms with Gasteiger partial charge in [0.15, 0.2) is 0 Å². The summed E-state index contributed by atoms with van der Waals surface area (Å²) in [4.78, 5) is 22.9. The Bertz CT molecular complexity index is 442. The summed E-state index contributed by atoms with van der Waals surface area (Å²) in [6.45, 7) is 2.38. The maximum absolute atomic E-state index is 11.2. The van der Waals surface area contributed by atoms with Crippen LogP contribution in [0.5, 0.6) is 0 Å². The smallest absolute Gasteiger partial charge is 0.272 e. The molecule has 15 heavy (non-hydrogen) atoms. The van der Waals surface area contributed by atoms with Crippen molar-refractivity contribution >= 4 is 17.3 Å². The number of hydrogen-bond donors (Lipinski definition) is 0. The van der Waals surface area contributed by atoms with E-state index in [9.17, 15) is 14.9 Å². The van der Waals surface area contributed by atoms with Gasteiger partial charge in [-0.3, -0.25) is 14.9 Å². The third-order valence-corrected chi connectivity index (χ3v) is 2.54. The molecular weight excluding hydrogens is 196 g/mol. The van der Waals surface area contributed by atoms with Crippen molar-refractivity contribution in [1.82, 2.24) is 0 Å². The molecule has 1 aromatic rings. The Morgan fingerprint density at radius 2 is 2.20 bits per heavy atom. The number of anilines is 1. The Morgan fingerprint density at radius 3 is 2.60 bits per heavy atom. The molecule has 0 spiro atoms. The number of amides is 1. The van der Waals surface area contributed by atoms with Crippen LogP contribution < -0.4 is 4.90 Å². The Kier molecular flexibility index (Phi) is 2.15. The van der Waals surface area contributed by atoms with Gasteiger partial charge in [-0.2, -0.15) is 0 Å². The minimum Gasteiger partial charge on any atom is -0.312 e. The topological polar surface area (TPSA) is 63.5 Å². The first-order chi connectivity index (χ1) is 7.09. The fourth-order valence-electron chi connectivity index (χ4n) is 1.60. The highest BCUT2D eigenvalue weighted by Crippen LogP contribution is 2.27. The predicted molar refractivity (Wildman–Crippen MR) is 54.8 cm³/mol. The van der Waals surface area contributed by atoms with Crippen LogP contribution in [0.1, 0.15) is 12.0 Å². The van der Waals surface area contributed by atoms with Gasteiger partial charge in [-0.05, 0) is 19.1 Å². The first-order valence-corrected chi connectivity index (χ1v) is 4.65. The zero-order valence-corrected chi connectivity index (χ0v) is 8.27. The van der Waals surface area contributed by atoms with Gasteiger partial charge < -0.3 is 4.90 Å². The number of carbonyl (C=O) groups is 1. The number of nitrogens with zero attached hydrogens (tertiary/aromatic N) is 2. The maximum atomic E-state index is 11.2. The number of hydrogen-bond acceptors (Lipinski definition) is 3. The van der Waals surface area contributed by atoms with Gasteiger partial charge in [-0.15, -0.1) is 0 Å². The largest absolute Gasteiger partial charge is 0.312 e. The number of benzene rings is 1. The Hall–Kier alpha value is -1.91. The molecule has 1 amide bonds. The van der Waals surface area contributed by atoms with Crippen molar-refractivity contribution in [3.8, 4) is 0 Å². The van der Waals surface area contributed by atoms with Gasteiger partial charge in [0.25, 0.3) is 5.69 Å². The van der Waals surface area contributed by atoms with Gasteiger partial charge in [0.1, 0.15) is 0 Å². The molecule has 5 nitrogen and oxygen atoms in total. The monoisotopic (exact) mass is 206 g/mol. The molecule has 5 heteroatoms. The van der Waals surface area contributed by atoms with E-state index in [1.807, 2.05) is 0 Å². The number of carbonyl (C=O) groups excluding carboxylic acids is 1. The highest BCUT2D eigenvalue weighted by Gasteiger charge is 2.26. The minimum absolute atomic E-state index is 0.0725. The number of aryl methyl sites for hydroxylation is 1. The zero-order valence-electron chi connectivity index (χ0n) is 8.27. The molecule has 0 aliphatic carbocycles. The van der Waals surface area contributed by atoms with Crippen LogP contribution in [0, 0.1) is 17.0 Å². The van der Waals surface area contributed by atoms with E-state index in [0.29, 0.717) is 18.5 Å². The molecule has 2 rings (SSSR count). The van der Waals surface area contributed by atoms with E-state index in [2.05, 4.69) is 0 Å². The molecule has 0 aromatic heterocycles. The average molecular weight is 206 g/mol. The van der Waals surface area contributed by atoms with Crippen LogP contribution in [0.2, 0.25) is 0 Å². The summed E-state index contributed by atoms with van der Waals surface area (Å²) < 4.78 is 0. The number of β-lactam (4-membered cyclic amide) rings is 1. The van der Waals surface area contributed by atoms with E-state index in [4.69, 9.17) is 0 Å². The summed E-state index contributed by atoms with van der Waals surface area (Å²) in [5.41, 5.74) is 1.42. The highest BCUT2D eigenvalue weighted by atomic mass is 16.6. The standard InChI is InChI=1S/C10H10N2O3/c1-7-6-8(11-5-4-10(11)13)2-3-9(7)12(14)15/h2-3,6H,4-5H2,1H3. The van der Waals surface area contributed by atoms with Gasteiger partial charge in [-0.25, -0.2) is 0 Å². The molecule has 0 saturated carbocycles. The summed E-state index contributed by atoms with van der Waals surface area (Å²) in [7, 11) is 0. The molecule has 0 atom stereocenters. The summed E-state index contributed by atoms with van der Waals surface area (Å²) in [6, 6.07) is 4.73. The molecule has 1 fully saturated rings. The van der Waals surface area contributed by atoms with E-state index in [1.54, 1.807) is 24.0 Å². The lowest BCUT2D eigenvalue weighted by atomic mass is 10.1. The molecule has 1 aliphatic heterocycles. The third-order valence-electron chi connectivity index (χ3n) is 2.54. The van der Waals surface area contributed by atoms with Crippen molar-refractivity contribution in [1.29, 1.82) is 0 Å². The first-order valence-electron chi connectivity index (χ1n) is 4.65. The van der Waals surface area contributed by atoms with Crippen LogP contribution in [0.15, 0.2) is 18.2 Å². The van der Waals surface area contributed by atoms with Crippen molar-refractivity contribution < 1.29 is 9.72 Å². The molecule has 1 aromatic carbocycles. The summed E-state index contributed by atoms with van der Waals surface area (Å²) >= 11 is 0. The minimum atomic E-state index is -0.420. The van der Waals surface area contributed by atoms with Gasteiger partial charge in [-0.1, -0.05) is 0 Å². The van der Waals surface area contributed by atoms with E-state index >= 15 is 0 Å². The molecule has 1 aliphatic rings. The second-order valence-corrected chi connectivity index (χ2v) is 3.52. The summed E-state index contributed by atoms with van der Waals surface area (Å²) in [5, 5.41) is 10.6. The Morgan fingerprint density at radius 1 is 1.47 bits per heavy atom. The van der Waals surface area contributed by atoms with Crippen molar-refractivity contribution in [2.45, 2.75) is 13.3 Å². The molecule has 0 unspecified atom stereocenters. The van der Waals surface area contributed by atoms with Crippen molar-refractivity contribution in [2.75, 3.05) is 11.4 Å². The maximum Gasteiger partial charge on any atom is 0.272 e. The molecule has 0 N–H and O–H groups in total. The molecule has 0 radical (unpaired) electrons. The van der Waals surface area contributed by atoms with Crippen LogP contribution in [0.4, 0.5) is 11.4 Å². The Balaban J connectivity index is 2.33. The fourth-order valence-corrected chi connectivity index (χ4v) is 1.60. The van der Waals surface area contributed by atoms with E-state index < -0.39 is 4.92 Å². The SMILES string of the molecule is Cc1cc(N2CCC2=O)ccc1[N+](=O)[O-]. The molecular formula is C10H10N2O3. The zero-order chi connectivity index (χ0) is 11.0. The quantitative estimate of drug-likeness (QED) is 0.419. The number of nitro groups is 1. The third kappa shape index (κ3) is 1.56. The molecule has 1 saturated heterocycles. The Labute approximate surface area is 86.5 Å². The lowest BCUT2D eigenvalue weighted by Crippen LogP contribution is -2.43. The summed E-state index contributed by atoms with van der Waals surface area (Å²) in [5.74, 6) is 0.0725. The number of rotatable bonds is 2. The van der Waals surface area contributed by atoms with E-state index in [1.165, 1.54) is 6.07 Å². The van der Waals surface area contributed by atoms with E-state index in [-0.39, 0.29) is 11.6 Å². The van der Waals surface area contributed by atoms with Crippen molar-refractivity contribution in [3.05, 3.63) is 33.9 Å². The normalized spacial score (nSPS) is 15.0.